The molecule has 19 heavy (non-hydrogen) atoms. The Bertz CT molecular complexity index is 481. The van der Waals surface area contributed by atoms with E-state index >= 15 is 0 Å². The maximum absolute atomic E-state index is 4.40. The van der Waals surface area contributed by atoms with Crippen LogP contribution in [0.25, 0.3) is 5.69 Å². The van der Waals surface area contributed by atoms with Gasteiger partial charge in [0.2, 0.25) is 0 Å². The summed E-state index contributed by atoms with van der Waals surface area (Å²) in [4.78, 5) is 0. The van der Waals surface area contributed by atoms with E-state index in [4.69, 9.17) is 0 Å². The van der Waals surface area contributed by atoms with Crippen LogP contribution in [0.5, 0.6) is 0 Å². The summed E-state index contributed by atoms with van der Waals surface area (Å²) in [5.41, 5.74) is 2.32. The standard InChI is InChI=1S/C15H21N3S/c1-3-19-12-13(2)16-9-14-10-17-18(11-14)15-7-5-4-6-8-15/h4-8,10-11,13,16H,3,9,12H2,1-2H3. The van der Waals surface area contributed by atoms with Gasteiger partial charge in [-0.15, -0.1) is 0 Å². The molecule has 0 aliphatic carbocycles. The Morgan fingerprint density at radius 3 is 2.84 bits per heavy atom. The van der Waals surface area contributed by atoms with Crippen molar-refractivity contribution in [2.45, 2.75) is 26.4 Å². The number of hydrogen-bond acceptors (Lipinski definition) is 3. The van der Waals surface area contributed by atoms with Gasteiger partial charge in [-0.1, -0.05) is 25.1 Å². The van der Waals surface area contributed by atoms with E-state index in [-0.39, 0.29) is 0 Å². The number of thioether (sulfide) groups is 1. The summed E-state index contributed by atoms with van der Waals surface area (Å²) in [6.45, 7) is 5.30. The first kappa shape index (κ1) is 14.2. The SMILES string of the molecule is CCSCC(C)NCc1cnn(-c2ccccc2)c1. The van der Waals surface area contributed by atoms with Crippen molar-refractivity contribution in [2.75, 3.05) is 11.5 Å². The fourth-order valence-corrected chi connectivity index (χ4v) is 2.53. The van der Waals surface area contributed by atoms with E-state index in [2.05, 4.69) is 42.6 Å². The van der Waals surface area contributed by atoms with E-state index in [9.17, 15) is 0 Å². The molecule has 1 unspecified atom stereocenters. The lowest BCUT2D eigenvalue weighted by Gasteiger charge is -2.11. The van der Waals surface area contributed by atoms with Gasteiger partial charge in [0.1, 0.15) is 0 Å². The minimum atomic E-state index is 0.532. The number of aromatic nitrogens is 2. The number of para-hydroxylation sites is 1. The highest BCUT2D eigenvalue weighted by molar-refractivity contribution is 7.99. The Morgan fingerprint density at radius 1 is 1.32 bits per heavy atom. The van der Waals surface area contributed by atoms with E-state index in [0.717, 1.165) is 18.0 Å². The van der Waals surface area contributed by atoms with Gasteiger partial charge >= 0.3 is 0 Å². The molecule has 1 N–H and O–H groups in total. The van der Waals surface area contributed by atoms with Crippen LogP contribution in [0.15, 0.2) is 42.7 Å². The van der Waals surface area contributed by atoms with Gasteiger partial charge in [-0.2, -0.15) is 16.9 Å². The second kappa shape index (κ2) is 7.36. The summed E-state index contributed by atoms with van der Waals surface area (Å²) in [6.07, 6.45) is 4.02. The van der Waals surface area contributed by atoms with E-state index in [0.29, 0.717) is 6.04 Å². The predicted molar refractivity (Wildman–Crippen MR) is 82.9 cm³/mol. The fraction of sp³-hybridized carbons (Fsp3) is 0.400. The normalized spacial score (nSPS) is 12.5. The Morgan fingerprint density at radius 2 is 2.11 bits per heavy atom. The molecule has 0 fully saturated rings. The maximum atomic E-state index is 4.40. The molecular formula is C15H21N3S. The summed E-state index contributed by atoms with van der Waals surface area (Å²) in [7, 11) is 0. The second-order valence-corrected chi connectivity index (χ2v) is 5.89. The van der Waals surface area contributed by atoms with Gasteiger partial charge in [0.05, 0.1) is 11.9 Å². The molecule has 1 aromatic carbocycles. The third kappa shape index (κ3) is 4.40. The molecular weight excluding hydrogens is 254 g/mol. The van der Waals surface area contributed by atoms with E-state index < -0.39 is 0 Å². The Hall–Kier alpha value is -1.26. The number of hydrogen-bond donors (Lipinski definition) is 1. The monoisotopic (exact) mass is 275 g/mol. The van der Waals surface area contributed by atoms with Gasteiger partial charge < -0.3 is 5.32 Å². The molecule has 0 spiro atoms. The first-order valence-corrected chi connectivity index (χ1v) is 7.85. The molecule has 0 saturated heterocycles. The summed E-state index contributed by atoms with van der Waals surface area (Å²) >= 11 is 1.97. The molecule has 3 nitrogen and oxygen atoms in total. The van der Waals surface area contributed by atoms with Gasteiger partial charge in [0, 0.05) is 30.1 Å². The number of nitrogens with zero attached hydrogens (tertiary/aromatic N) is 2. The quantitative estimate of drug-likeness (QED) is 0.842. The van der Waals surface area contributed by atoms with Crippen LogP contribution >= 0.6 is 11.8 Å². The zero-order chi connectivity index (χ0) is 13.5. The molecule has 102 valence electrons. The number of benzene rings is 1. The van der Waals surface area contributed by atoms with Crippen LogP contribution in [0.1, 0.15) is 19.4 Å². The summed E-state index contributed by atoms with van der Waals surface area (Å²) in [5.74, 6) is 2.33. The van der Waals surface area contributed by atoms with Gasteiger partial charge in [0.25, 0.3) is 0 Å². The average molecular weight is 275 g/mol. The zero-order valence-electron chi connectivity index (χ0n) is 11.5. The van der Waals surface area contributed by atoms with Crippen molar-refractivity contribution >= 4 is 11.8 Å². The van der Waals surface area contributed by atoms with Crippen LogP contribution in [0.2, 0.25) is 0 Å². The maximum Gasteiger partial charge on any atom is 0.0645 e. The number of rotatable bonds is 7. The molecule has 0 aliphatic heterocycles. The van der Waals surface area contributed by atoms with Gasteiger partial charge in [-0.25, -0.2) is 4.68 Å². The smallest absolute Gasteiger partial charge is 0.0645 e. The molecule has 0 amide bonds. The van der Waals surface area contributed by atoms with Crippen molar-refractivity contribution in [3.8, 4) is 5.69 Å². The highest BCUT2D eigenvalue weighted by Crippen LogP contribution is 2.08. The molecule has 1 aromatic heterocycles. The largest absolute Gasteiger partial charge is 0.309 e. The summed E-state index contributed by atoms with van der Waals surface area (Å²) < 4.78 is 1.92. The van der Waals surface area contributed by atoms with Crippen LogP contribution in [0.4, 0.5) is 0 Å². The minimum absolute atomic E-state index is 0.532. The van der Waals surface area contributed by atoms with Crippen LogP contribution in [0, 0.1) is 0 Å². The van der Waals surface area contributed by atoms with Crippen LogP contribution in [-0.2, 0) is 6.54 Å². The molecule has 4 heteroatoms. The van der Waals surface area contributed by atoms with Crippen LogP contribution in [0.3, 0.4) is 0 Å². The highest BCUT2D eigenvalue weighted by atomic mass is 32.2. The van der Waals surface area contributed by atoms with Crippen LogP contribution < -0.4 is 5.32 Å². The van der Waals surface area contributed by atoms with E-state index in [1.54, 1.807) is 0 Å². The van der Waals surface area contributed by atoms with Crippen molar-refractivity contribution in [3.05, 3.63) is 48.3 Å². The minimum Gasteiger partial charge on any atom is -0.309 e. The molecule has 0 saturated carbocycles. The Kier molecular flexibility index (Phi) is 5.48. The predicted octanol–water partition coefficient (Wildman–Crippen LogP) is 3.10. The third-order valence-corrected chi connectivity index (χ3v) is 4.03. The number of nitrogens with one attached hydrogen (secondary N) is 1. The van der Waals surface area contributed by atoms with Gasteiger partial charge in [-0.05, 0) is 24.8 Å². The molecule has 0 aliphatic rings. The molecule has 2 aromatic rings. The van der Waals surface area contributed by atoms with Crippen molar-refractivity contribution in [1.82, 2.24) is 15.1 Å². The Balaban J connectivity index is 1.88. The second-order valence-electron chi connectivity index (χ2n) is 4.57. The highest BCUT2D eigenvalue weighted by Gasteiger charge is 2.03. The lowest BCUT2D eigenvalue weighted by atomic mass is 10.3. The molecule has 0 radical (unpaired) electrons. The van der Waals surface area contributed by atoms with Gasteiger partial charge in [0.15, 0.2) is 0 Å². The summed E-state index contributed by atoms with van der Waals surface area (Å²) in [5, 5.41) is 7.92. The van der Waals surface area contributed by atoms with Crippen LogP contribution in [-0.4, -0.2) is 27.3 Å². The van der Waals surface area contributed by atoms with Gasteiger partial charge in [-0.3, -0.25) is 0 Å². The average Bonchev–Trinajstić information content (AvgIpc) is 2.93. The topological polar surface area (TPSA) is 29.9 Å². The first-order chi connectivity index (χ1) is 9.29. The Labute approximate surface area is 119 Å². The van der Waals surface area contributed by atoms with Crippen molar-refractivity contribution in [3.63, 3.8) is 0 Å². The molecule has 2 rings (SSSR count). The molecule has 1 heterocycles. The third-order valence-electron chi connectivity index (χ3n) is 2.88. The van der Waals surface area contributed by atoms with Crippen molar-refractivity contribution < 1.29 is 0 Å². The first-order valence-electron chi connectivity index (χ1n) is 6.69. The van der Waals surface area contributed by atoms with E-state index in [1.807, 2.05) is 40.8 Å². The lowest BCUT2D eigenvalue weighted by molar-refractivity contribution is 0.596. The zero-order valence-corrected chi connectivity index (χ0v) is 12.4. The summed E-state index contributed by atoms with van der Waals surface area (Å²) in [6, 6.07) is 10.7. The van der Waals surface area contributed by atoms with E-state index in [1.165, 1.54) is 11.3 Å². The molecule has 0 bridgehead atoms. The lowest BCUT2D eigenvalue weighted by Crippen LogP contribution is -2.27. The van der Waals surface area contributed by atoms with Crippen molar-refractivity contribution in [1.29, 1.82) is 0 Å². The van der Waals surface area contributed by atoms with Crippen molar-refractivity contribution in [2.24, 2.45) is 0 Å². The fourth-order valence-electron chi connectivity index (χ4n) is 1.82. The molecule has 1 atom stereocenters.